The van der Waals surface area contributed by atoms with Gasteiger partial charge in [0, 0.05) is 24.9 Å². The average Bonchev–Trinajstić information content (AvgIpc) is 3.32. The maximum atomic E-state index is 12.8. The van der Waals surface area contributed by atoms with E-state index in [1.54, 1.807) is 6.92 Å². The van der Waals surface area contributed by atoms with Gasteiger partial charge in [0.1, 0.15) is 29.4 Å². The normalized spacial score (nSPS) is 28.5. The Kier molecular flexibility index (Phi) is 8.88. The fraction of sp³-hybridized carbons (Fsp3) is 0.647. The Labute approximate surface area is 198 Å². The quantitative estimate of drug-likeness (QED) is 0.0896. The first-order valence-electron chi connectivity index (χ1n) is 10.4. The molecule has 12 nitrogen and oxygen atoms in total. The fourth-order valence-electron chi connectivity index (χ4n) is 4.73. The molecule has 2 amide bonds. The van der Waals surface area contributed by atoms with Gasteiger partial charge in [0.05, 0.1) is 18.1 Å². The predicted molar refractivity (Wildman–Crippen MR) is 124 cm³/mol. The van der Waals surface area contributed by atoms with Gasteiger partial charge in [0.2, 0.25) is 5.91 Å². The third-order valence-electron chi connectivity index (χ3n) is 6.23. The second-order valence-corrected chi connectivity index (χ2v) is 9.55. The Morgan fingerprint density at radius 1 is 1.30 bits per heavy atom. The molecule has 3 unspecified atom stereocenters. The van der Waals surface area contributed by atoms with Gasteiger partial charge >= 0.3 is 12.1 Å². The molecule has 3 aliphatic rings. The van der Waals surface area contributed by atoms with Crippen LogP contribution in [0.2, 0.25) is 0 Å². The number of likely N-dealkylation sites (tertiary alicyclic amines) is 1. The minimum atomic E-state index is -0.831. The zero-order valence-electron chi connectivity index (χ0n) is 18.3. The van der Waals surface area contributed by atoms with Crippen molar-refractivity contribution in [1.82, 2.24) is 25.1 Å². The summed E-state index contributed by atoms with van der Waals surface area (Å²) >= 11 is 0. The summed E-state index contributed by atoms with van der Waals surface area (Å²) in [6.45, 7) is 5.02. The highest BCUT2D eigenvalue weighted by molar-refractivity contribution is 7.32. The standard InChI is InChI=1S/C17H26B2N6O6P2/c1-7-10(6-24-4-3-9(5-24)14(20)21-17(29)31-33-23-19)13(16(28)30-32-22-18)25-12(7)11(8(2)26)15(25)27/h7-9,11-12,22-23,26,32-33H,3-6H2,1-2H3,(H2,20,21,29)/t7-,8+,9-,11?,12+/m0/s1. The monoisotopic (exact) mass is 494 g/mol. The predicted octanol–water partition coefficient (Wildman–Crippen LogP) is -0.970. The number of aliphatic hydroxyl groups is 1. The minimum Gasteiger partial charge on any atom is -0.428 e. The van der Waals surface area contributed by atoms with E-state index < -0.39 is 42.0 Å². The van der Waals surface area contributed by atoms with Crippen molar-refractivity contribution in [3.05, 3.63) is 11.3 Å². The maximum Gasteiger partial charge on any atom is 0.416 e. The number of nitrogens with zero attached hydrogens (tertiary/aromatic N) is 2. The number of carbonyl (C=O) groups excluding carboxylic acids is 3. The summed E-state index contributed by atoms with van der Waals surface area (Å²) in [6.07, 6.45) is -0.949. The first-order chi connectivity index (χ1) is 15.7. The Balaban J connectivity index is 1.70. The van der Waals surface area contributed by atoms with Gasteiger partial charge in [0.15, 0.2) is 16.0 Å². The van der Waals surface area contributed by atoms with Gasteiger partial charge in [-0.1, -0.05) is 6.92 Å². The lowest BCUT2D eigenvalue weighted by Crippen LogP contribution is -2.63. The SMILES string of the molecule is [B]NPOC(=O)NC(=N)[C@H]1CCN(CC2=C(C(=O)OPN[B])N3C(=O)C([C@@H](C)O)[C@H]3[C@H]2C)C1. The van der Waals surface area contributed by atoms with Gasteiger partial charge in [-0.25, -0.2) is 9.59 Å². The van der Waals surface area contributed by atoms with Crippen molar-refractivity contribution in [3.8, 4) is 0 Å². The molecule has 16 heteroatoms. The van der Waals surface area contributed by atoms with Crippen LogP contribution >= 0.6 is 17.9 Å². The number of amides is 2. The third kappa shape index (κ3) is 5.42. The number of amidine groups is 1. The number of rotatable bonds is 9. The smallest absolute Gasteiger partial charge is 0.416 e. The molecule has 7 atom stereocenters. The van der Waals surface area contributed by atoms with E-state index in [4.69, 9.17) is 30.4 Å². The van der Waals surface area contributed by atoms with E-state index >= 15 is 0 Å². The molecule has 0 spiro atoms. The zero-order chi connectivity index (χ0) is 24.3. The number of hydrogen-bond acceptors (Lipinski definition) is 10. The molecule has 0 bridgehead atoms. The van der Waals surface area contributed by atoms with Gasteiger partial charge in [-0.2, -0.15) is 0 Å². The van der Waals surface area contributed by atoms with Crippen LogP contribution in [0.3, 0.4) is 0 Å². The van der Waals surface area contributed by atoms with Crippen LogP contribution in [0.1, 0.15) is 20.3 Å². The zero-order valence-corrected chi connectivity index (χ0v) is 20.3. The number of β-lactam (4-membered cyclic amide) rings is 1. The Hall–Kier alpha value is -1.55. The van der Waals surface area contributed by atoms with Crippen molar-refractivity contribution in [2.75, 3.05) is 19.6 Å². The third-order valence-corrected chi connectivity index (χ3v) is 7.04. The van der Waals surface area contributed by atoms with Gasteiger partial charge in [0.25, 0.3) is 0 Å². The van der Waals surface area contributed by atoms with Crippen LogP contribution in [0, 0.1) is 23.2 Å². The van der Waals surface area contributed by atoms with E-state index in [2.05, 4.69) is 20.2 Å². The molecule has 2 saturated heterocycles. The van der Waals surface area contributed by atoms with E-state index in [1.807, 2.05) is 6.92 Å². The van der Waals surface area contributed by atoms with Gasteiger partial charge in [-0.3, -0.25) is 20.4 Å². The van der Waals surface area contributed by atoms with E-state index in [-0.39, 0.29) is 35.3 Å². The molecule has 0 saturated carbocycles. The number of aliphatic hydroxyl groups excluding tert-OH is 1. The van der Waals surface area contributed by atoms with Crippen LogP contribution < -0.4 is 15.3 Å². The molecule has 3 aliphatic heterocycles. The topological polar surface area (TPSA) is 156 Å². The van der Waals surface area contributed by atoms with Crippen LogP contribution in [-0.2, 0) is 18.6 Å². The van der Waals surface area contributed by atoms with Crippen molar-refractivity contribution in [2.45, 2.75) is 32.4 Å². The molecular weight excluding hydrogens is 468 g/mol. The molecule has 3 rings (SSSR count). The molecule has 0 aromatic carbocycles. The lowest BCUT2D eigenvalue weighted by molar-refractivity contribution is -0.162. The fourth-order valence-corrected chi connectivity index (χ4v) is 5.18. The summed E-state index contributed by atoms with van der Waals surface area (Å²) in [5.41, 5.74) is 0.950. The van der Waals surface area contributed by atoms with E-state index in [0.717, 1.165) is 5.57 Å². The van der Waals surface area contributed by atoms with Crippen molar-refractivity contribution < 1.29 is 28.5 Å². The summed E-state index contributed by atoms with van der Waals surface area (Å²) in [4.78, 5) is 45.1. The highest BCUT2D eigenvalue weighted by Gasteiger charge is 2.60. The van der Waals surface area contributed by atoms with Crippen LogP contribution in [0.25, 0.3) is 0 Å². The summed E-state index contributed by atoms with van der Waals surface area (Å²) < 4.78 is 9.93. The van der Waals surface area contributed by atoms with Crippen molar-refractivity contribution in [3.63, 3.8) is 0 Å². The summed E-state index contributed by atoms with van der Waals surface area (Å²) in [5.74, 6) is -1.85. The molecule has 0 aromatic rings. The number of fused-ring (bicyclic) bond motifs is 1. The van der Waals surface area contributed by atoms with Gasteiger partial charge in [-0.05, 0) is 25.5 Å². The molecule has 4 radical (unpaired) electrons. The first kappa shape index (κ1) is 26.1. The van der Waals surface area contributed by atoms with E-state index in [0.29, 0.717) is 26.1 Å². The Bertz CT molecular complexity index is 849. The van der Waals surface area contributed by atoms with Crippen LogP contribution in [-0.4, -0.2) is 86.5 Å². The lowest BCUT2D eigenvalue weighted by atomic mass is 9.77. The molecule has 176 valence electrons. The largest absolute Gasteiger partial charge is 0.428 e. The lowest BCUT2D eigenvalue weighted by Gasteiger charge is -2.46. The van der Waals surface area contributed by atoms with Crippen LogP contribution in [0.15, 0.2) is 11.3 Å². The van der Waals surface area contributed by atoms with E-state index in [1.165, 1.54) is 4.90 Å². The Morgan fingerprint density at radius 3 is 2.61 bits per heavy atom. The Morgan fingerprint density at radius 2 is 1.97 bits per heavy atom. The molecule has 0 aliphatic carbocycles. The summed E-state index contributed by atoms with van der Waals surface area (Å²) in [6, 6.07) is -0.311. The minimum absolute atomic E-state index is 0.0424. The van der Waals surface area contributed by atoms with Crippen LogP contribution in [0.5, 0.6) is 0 Å². The number of nitrogens with one attached hydrogen (secondary N) is 4. The van der Waals surface area contributed by atoms with Crippen molar-refractivity contribution >= 4 is 57.7 Å². The average molecular weight is 494 g/mol. The molecule has 33 heavy (non-hydrogen) atoms. The van der Waals surface area contributed by atoms with Crippen molar-refractivity contribution in [2.24, 2.45) is 17.8 Å². The second-order valence-electron chi connectivity index (χ2n) is 8.16. The van der Waals surface area contributed by atoms with Gasteiger partial charge in [-0.15, -0.1) is 0 Å². The number of hydrogen-bond donors (Lipinski definition) is 5. The maximum absolute atomic E-state index is 12.8. The highest BCUT2D eigenvalue weighted by atomic mass is 31.1. The molecule has 0 aromatic heterocycles. The molecular formula is C17H26B2N6O6P2. The molecule has 3 heterocycles. The van der Waals surface area contributed by atoms with Gasteiger partial charge < -0.3 is 29.1 Å². The van der Waals surface area contributed by atoms with Crippen LogP contribution in [0.4, 0.5) is 4.79 Å². The van der Waals surface area contributed by atoms with Crippen molar-refractivity contribution in [1.29, 1.82) is 5.41 Å². The summed E-state index contributed by atoms with van der Waals surface area (Å²) in [5, 5.41) is 20.6. The highest BCUT2D eigenvalue weighted by Crippen LogP contribution is 2.48. The molecule has 5 N–H and O–H groups in total. The molecule has 2 fully saturated rings. The number of carbonyl (C=O) groups is 3. The first-order valence-corrected chi connectivity index (χ1v) is 12.2. The second kappa shape index (κ2) is 11.3. The van der Waals surface area contributed by atoms with E-state index in [9.17, 15) is 19.5 Å². The summed E-state index contributed by atoms with van der Waals surface area (Å²) in [7, 11) is 9.41.